The molecule has 0 aliphatic rings. The first-order valence-electron chi connectivity index (χ1n) is 9.05. The molecule has 1 N–H and O–H groups in total. The summed E-state index contributed by atoms with van der Waals surface area (Å²) in [5.41, 5.74) is 1.03. The molecule has 0 atom stereocenters. The Morgan fingerprint density at radius 2 is 1.59 bits per heavy atom. The van der Waals surface area contributed by atoms with Crippen LogP contribution in [-0.2, 0) is 9.53 Å². The number of nitrogens with one attached hydrogen (secondary N) is 1. The lowest BCUT2D eigenvalue weighted by Gasteiger charge is -2.11. The highest BCUT2D eigenvalue weighted by molar-refractivity contribution is 5.93. The van der Waals surface area contributed by atoms with Crippen LogP contribution in [0.2, 0.25) is 0 Å². The molecule has 2 aromatic carbocycles. The molecule has 0 aliphatic carbocycles. The topological polar surface area (TPSA) is 73.9 Å². The van der Waals surface area contributed by atoms with Crippen molar-refractivity contribution in [1.82, 2.24) is 0 Å². The van der Waals surface area contributed by atoms with Crippen LogP contribution in [0.1, 0.15) is 37.0 Å². The number of unbranched alkanes of at least 4 members (excludes halogenated alkanes) is 1. The SMILES string of the molecule is CCCCOC(=O)c1ccc(NC(=O)COc2ccccc2OCC)cc1. The average molecular weight is 371 g/mol. The molecule has 0 bridgehead atoms. The summed E-state index contributed by atoms with van der Waals surface area (Å²) in [6.07, 6.45) is 1.81. The second kappa shape index (κ2) is 10.9. The molecule has 27 heavy (non-hydrogen) atoms. The van der Waals surface area contributed by atoms with Crippen molar-refractivity contribution in [2.45, 2.75) is 26.7 Å². The van der Waals surface area contributed by atoms with Gasteiger partial charge in [0.15, 0.2) is 18.1 Å². The maximum absolute atomic E-state index is 12.1. The van der Waals surface area contributed by atoms with E-state index >= 15 is 0 Å². The van der Waals surface area contributed by atoms with Crippen molar-refractivity contribution in [2.24, 2.45) is 0 Å². The van der Waals surface area contributed by atoms with Gasteiger partial charge in [-0.15, -0.1) is 0 Å². The summed E-state index contributed by atoms with van der Waals surface area (Å²) >= 11 is 0. The van der Waals surface area contributed by atoms with Gasteiger partial charge in [-0.2, -0.15) is 0 Å². The molecule has 0 saturated heterocycles. The zero-order valence-electron chi connectivity index (χ0n) is 15.7. The van der Waals surface area contributed by atoms with Crippen LogP contribution in [-0.4, -0.2) is 31.7 Å². The van der Waals surface area contributed by atoms with Crippen molar-refractivity contribution in [3.05, 3.63) is 54.1 Å². The Morgan fingerprint density at radius 1 is 0.926 bits per heavy atom. The predicted octanol–water partition coefficient (Wildman–Crippen LogP) is 4.06. The molecule has 0 saturated carbocycles. The maximum Gasteiger partial charge on any atom is 0.338 e. The van der Waals surface area contributed by atoms with Crippen molar-refractivity contribution in [3.63, 3.8) is 0 Å². The van der Waals surface area contributed by atoms with Gasteiger partial charge >= 0.3 is 5.97 Å². The number of anilines is 1. The third-order valence-electron chi connectivity index (χ3n) is 3.64. The van der Waals surface area contributed by atoms with Crippen LogP contribution >= 0.6 is 0 Å². The van der Waals surface area contributed by atoms with Crippen molar-refractivity contribution in [2.75, 3.05) is 25.1 Å². The van der Waals surface area contributed by atoms with Gasteiger partial charge in [0.05, 0.1) is 18.8 Å². The van der Waals surface area contributed by atoms with Crippen molar-refractivity contribution in [1.29, 1.82) is 0 Å². The summed E-state index contributed by atoms with van der Waals surface area (Å²) < 4.78 is 16.1. The minimum Gasteiger partial charge on any atom is -0.490 e. The van der Waals surface area contributed by atoms with Crippen molar-refractivity contribution in [3.8, 4) is 11.5 Å². The lowest BCUT2D eigenvalue weighted by atomic mass is 10.2. The average Bonchev–Trinajstić information content (AvgIpc) is 2.68. The molecule has 2 aromatic rings. The number of rotatable bonds is 10. The van der Waals surface area contributed by atoms with E-state index in [2.05, 4.69) is 5.32 Å². The van der Waals surface area contributed by atoms with E-state index < -0.39 is 0 Å². The lowest BCUT2D eigenvalue weighted by molar-refractivity contribution is -0.118. The second-order valence-electron chi connectivity index (χ2n) is 5.78. The smallest absolute Gasteiger partial charge is 0.338 e. The zero-order chi connectivity index (χ0) is 19.5. The number of esters is 1. The molecule has 6 heteroatoms. The van der Waals surface area contributed by atoms with E-state index in [1.807, 2.05) is 26.0 Å². The highest BCUT2D eigenvalue weighted by Gasteiger charge is 2.10. The fraction of sp³-hybridized carbons (Fsp3) is 0.333. The second-order valence-corrected chi connectivity index (χ2v) is 5.78. The molecule has 0 fully saturated rings. The highest BCUT2D eigenvalue weighted by atomic mass is 16.5. The number of carbonyl (C=O) groups is 2. The molecule has 0 radical (unpaired) electrons. The van der Waals surface area contributed by atoms with Gasteiger partial charge in [0, 0.05) is 5.69 Å². The van der Waals surface area contributed by atoms with E-state index in [1.165, 1.54) is 0 Å². The third kappa shape index (κ3) is 6.66. The molecule has 6 nitrogen and oxygen atoms in total. The first kappa shape index (κ1) is 20.3. The number of amides is 1. The number of para-hydroxylation sites is 2. The maximum atomic E-state index is 12.1. The molecule has 0 aromatic heterocycles. The summed E-state index contributed by atoms with van der Waals surface area (Å²) in [7, 11) is 0. The molecular weight excluding hydrogens is 346 g/mol. The fourth-order valence-electron chi connectivity index (χ4n) is 2.27. The molecule has 0 aliphatic heterocycles. The monoisotopic (exact) mass is 371 g/mol. The van der Waals surface area contributed by atoms with E-state index in [1.54, 1.807) is 36.4 Å². The third-order valence-corrected chi connectivity index (χ3v) is 3.64. The highest BCUT2D eigenvalue weighted by Crippen LogP contribution is 2.26. The summed E-state index contributed by atoms with van der Waals surface area (Å²) in [6, 6.07) is 13.7. The fourth-order valence-corrected chi connectivity index (χ4v) is 2.27. The van der Waals surface area contributed by atoms with Crippen molar-refractivity contribution >= 4 is 17.6 Å². The quantitative estimate of drug-likeness (QED) is 0.504. The van der Waals surface area contributed by atoms with E-state index in [4.69, 9.17) is 14.2 Å². The van der Waals surface area contributed by atoms with Crippen LogP contribution in [0, 0.1) is 0 Å². The number of hydrogen-bond donors (Lipinski definition) is 1. The Kier molecular flexibility index (Phi) is 8.16. The minimum absolute atomic E-state index is 0.148. The Bertz CT molecular complexity index is 742. The first-order valence-corrected chi connectivity index (χ1v) is 9.05. The minimum atomic E-state index is -0.364. The van der Waals surface area contributed by atoms with Gasteiger partial charge in [-0.3, -0.25) is 4.79 Å². The van der Waals surface area contributed by atoms with Gasteiger partial charge in [-0.25, -0.2) is 4.79 Å². The Labute approximate surface area is 159 Å². The number of benzene rings is 2. The normalized spacial score (nSPS) is 10.1. The standard InChI is InChI=1S/C21H25NO5/c1-3-5-14-26-21(24)16-10-12-17(13-11-16)22-20(23)15-27-19-9-7-6-8-18(19)25-4-2/h6-13H,3-5,14-15H2,1-2H3,(H,22,23). The van der Waals surface area contributed by atoms with E-state index in [9.17, 15) is 9.59 Å². The van der Waals surface area contributed by atoms with Gasteiger partial charge in [-0.05, 0) is 49.7 Å². The molecule has 0 unspecified atom stereocenters. The van der Waals surface area contributed by atoms with E-state index in [0.29, 0.717) is 36.0 Å². The van der Waals surface area contributed by atoms with Gasteiger partial charge < -0.3 is 19.5 Å². The molecule has 0 spiro atoms. The molecule has 0 heterocycles. The predicted molar refractivity (Wildman–Crippen MR) is 103 cm³/mol. The summed E-state index contributed by atoms with van der Waals surface area (Å²) in [4.78, 5) is 23.9. The van der Waals surface area contributed by atoms with Gasteiger partial charge in [0.1, 0.15) is 0 Å². The van der Waals surface area contributed by atoms with Crippen LogP contribution in [0.5, 0.6) is 11.5 Å². The number of carbonyl (C=O) groups excluding carboxylic acids is 2. The largest absolute Gasteiger partial charge is 0.490 e. The van der Waals surface area contributed by atoms with E-state index in [0.717, 1.165) is 12.8 Å². The molecule has 144 valence electrons. The number of hydrogen-bond acceptors (Lipinski definition) is 5. The Balaban J connectivity index is 1.84. The first-order chi connectivity index (χ1) is 13.1. The Hall–Kier alpha value is -3.02. The van der Waals surface area contributed by atoms with Crippen LogP contribution in [0.25, 0.3) is 0 Å². The van der Waals surface area contributed by atoms with Crippen molar-refractivity contribution < 1.29 is 23.8 Å². The van der Waals surface area contributed by atoms with Crippen LogP contribution in [0.4, 0.5) is 5.69 Å². The lowest BCUT2D eigenvalue weighted by Crippen LogP contribution is -2.20. The van der Waals surface area contributed by atoms with Crippen LogP contribution < -0.4 is 14.8 Å². The summed E-state index contributed by atoms with van der Waals surface area (Å²) in [5, 5.41) is 2.73. The zero-order valence-corrected chi connectivity index (χ0v) is 15.7. The van der Waals surface area contributed by atoms with Crippen LogP contribution in [0.3, 0.4) is 0 Å². The molecule has 1 amide bonds. The summed E-state index contributed by atoms with van der Waals surface area (Å²) in [6.45, 7) is 4.69. The van der Waals surface area contributed by atoms with Gasteiger partial charge in [-0.1, -0.05) is 25.5 Å². The van der Waals surface area contributed by atoms with E-state index in [-0.39, 0.29) is 18.5 Å². The molecular formula is C21H25NO5. The van der Waals surface area contributed by atoms with Gasteiger partial charge in [0.25, 0.3) is 5.91 Å². The van der Waals surface area contributed by atoms with Gasteiger partial charge in [0.2, 0.25) is 0 Å². The molecule has 2 rings (SSSR count). The Morgan fingerprint density at radius 3 is 2.22 bits per heavy atom. The number of ether oxygens (including phenoxy) is 3. The van der Waals surface area contributed by atoms with Crippen LogP contribution in [0.15, 0.2) is 48.5 Å². The summed E-state index contributed by atoms with van der Waals surface area (Å²) in [5.74, 6) is 0.440.